The van der Waals surface area contributed by atoms with Crippen LogP contribution < -0.4 is 14.8 Å². The van der Waals surface area contributed by atoms with Crippen molar-refractivity contribution < 1.29 is 18.1 Å². The van der Waals surface area contributed by atoms with E-state index in [2.05, 4.69) is 10.0 Å². The number of anilines is 2. The Morgan fingerprint density at radius 3 is 2.64 bits per heavy atom. The number of hydrogen-bond acceptors (Lipinski definition) is 6. The summed E-state index contributed by atoms with van der Waals surface area (Å²) in [4.78, 5) is 11.0. The number of fused-ring (bicyclic) bond motifs is 3. The van der Waals surface area contributed by atoms with Gasteiger partial charge < -0.3 is 10.1 Å². The van der Waals surface area contributed by atoms with Crippen LogP contribution in [0.25, 0.3) is 0 Å². The minimum Gasteiger partial charge on any atom is -0.495 e. The molecule has 0 aromatic heterocycles. The van der Waals surface area contributed by atoms with Crippen molar-refractivity contribution >= 4 is 50.3 Å². The molecule has 1 heterocycles. The zero-order chi connectivity index (χ0) is 25.6. The highest BCUT2D eigenvalue weighted by Gasteiger charge is 2.39. The van der Waals surface area contributed by atoms with E-state index >= 15 is 0 Å². The number of nitrogens with one attached hydrogen (secondary N) is 2. The van der Waals surface area contributed by atoms with Crippen molar-refractivity contribution in [3.8, 4) is 5.75 Å². The van der Waals surface area contributed by atoms with E-state index in [4.69, 9.17) is 27.9 Å². The normalized spacial score (nSPS) is 20.2. The van der Waals surface area contributed by atoms with E-state index in [0.717, 1.165) is 17.7 Å². The summed E-state index contributed by atoms with van der Waals surface area (Å²) >= 11 is 12.5. The molecule has 3 aromatic carbocycles. The third-order valence-corrected chi connectivity index (χ3v) is 8.52. The molecule has 36 heavy (non-hydrogen) atoms. The van der Waals surface area contributed by atoms with Crippen molar-refractivity contribution in [2.24, 2.45) is 5.92 Å². The number of sulfonamides is 1. The van der Waals surface area contributed by atoms with Crippen LogP contribution in [0.5, 0.6) is 5.75 Å². The summed E-state index contributed by atoms with van der Waals surface area (Å²) in [5, 5.41) is 15.6. The minimum atomic E-state index is -3.95. The van der Waals surface area contributed by atoms with E-state index in [0.29, 0.717) is 21.4 Å². The molecule has 0 spiro atoms. The topological polar surface area (TPSA) is 111 Å². The van der Waals surface area contributed by atoms with Gasteiger partial charge in [-0.05, 0) is 60.4 Å². The van der Waals surface area contributed by atoms with Crippen molar-refractivity contribution in [3.63, 3.8) is 0 Å². The van der Waals surface area contributed by atoms with Gasteiger partial charge in [-0.1, -0.05) is 35.4 Å². The van der Waals surface area contributed by atoms with Crippen molar-refractivity contribution in [3.05, 3.63) is 98.0 Å². The van der Waals surface area contributed by atoms with E-state index in [9.17, 15) is 18.5 Å². The number of methoxy groups -OCH3 is 1. The van der Waals surface area contributed by atoms with Gasteiger partial charge in [-0.2, -0.15) is 0 Å². The van der Waals surface area contributed by atoms with Gasteiger partial charge in [-0.3, -0.25) is 14.8 Å². The number of halogens is 2. The SMILES string of the molecule is COc1ccc(Cl)cc1NS(=O)(=O)c1ccc2c(c1)[C@H]1C=CC[C@H]1[C@@H](c1cc([N+](=O)[O-])ccc1Cl)N2. The van der Waals surface area contributed by atoms with Crippen molar-refractivity contribution in [2.75, 3.05) is 17.1 Å². The molecule has 1 aliphatic heterocycles. The van der Waals surface area contributed by atoms with Crippen LogP contribution in [0.1, 0.15) is 29.5 Å². The molecule has 1 aliphatic carbocycles. The van der Waals surface area contributed by atoms with Crippen LogP contribution in [0.2, 0.25) is 10.0 Å². The van der Waals surface area contributed by atoms with Crippen molar-refractivity contribution in [1.29, 1.82) is 0 Å². The van der Waals surface area contributed by atoms with Crippen LogP contribution >= 0.6 is 23.2 Å². The molecule has 0 radical (unpaired) electrons. The zero-order valence-electron chi connectivity index (χ0n) is 18.9. The quantitative estimate of drug-likeness (QED) is 0.206. The Balaban J connectivity index is 1.51. The predicted octanol–water partition coefficient (Wildman–Crippen LogP) is 6.54. The Bertz CT molecular complexity index is 1510. The number of benzene rings is 3. The summed E-state index contributed by atoms with van der Waals surface area (Å²) in [5.74, 6) is 0.270. The molecule has 0 fully saturated rings. The van der Waals surface area contributed by atoms with Crippen molar-refractivity contribution in [1.82, 2.24) is 0 Å². The first-order valence-corrected chi connectivity index (χ1v) is 13.3. The molecule has 0 unspecified atom stereocenters. The highest BCUT2D eigenvalue weighted by Crippen LogP contribution is 2.51. The summed E-state index contributed by atoms with van der Waals surface area (Å²) in [5.41, 5.74) is 2.41. The number of nitro groups is 1. The van der Waals surface area contributed by atoms with Crippen LogP contribution in [0, 0.1) is 16.0 Å². The van der Waals surface area contributed by atoms with Crippen LogP contribution in [-0.4, -0.2) is 20.5 Å². The third-order valence-electron chi connectivity index (χ3n) is 6.58. The molecule has 0 amide bonds. The Kier molecular flexibility index (Phi) is 6.32. The molecule has 3 aromatic rings. The second kappa shape index (κ2) is 9.31. The van der Waals surface area contributed by atoms with Gasteiger partial charge in [-0.15, -0.1) is 0 Å². The van der Waals surface area contributed by atoms with Gasteiger partial charge in [0.2, 0.25) is 0 Å². The maximum absolute atomic E-state index is 13.3. The number of rotatable bonds is 6. The van der Waals surface area contributed by atoms with Gasteiger partial charge in [0.25, 0.3) is 15.7 Å². The molecular formula is C25H21Cl2N3O5S. The molecule has 186 valence electrons. The number of nitrogens with zero attached hydrogens (tertiary/aromatic N) is 1. The first-order valence-electron chi connectivity index (χ1n) is 11.1. The smallest absolute Gasteiger partial charge is 0.269 e. The van der Waals surface area contributed by atoms with E-state index < -0.39 is 14.9 Å². The number of nitro benzene ring substituents is 1. The van der Waals surface area contributed by atoms with Gasteiger partial charge in [-0.25, -0.2) is 8.42 Å². The number of allylic oxidation sites excluding steroid dienone is 2. The van der Waals surface area contributed by atoms with E-state index in [1.165, 1.54) is 37.4 Å². The second-order valence-corrected chi connectivity index (χ2v) is 11.2. The summed E-state index contributed by atoms with van der Waals surface area (Å²) in [7, 11) is -2.50. The fourth-order valence-corrected chi connectivity index (χ4v) is 6.40. The van der Waals surface area contributed by atoms with E-state index in [1.807, 2.05) is 12.2 Å². The number of non-ortho nitro benzene ring substituents is 1. The largest absolute Gasteiger partial charge is 0.495 e. The summed E-state index contributed by atoms with van der Waals surface area (Å²) in [6.45, 7) is 0. The highest BCUT2D eigenvalue weighted by molar-refractivity contribution is 7.92. The molecular weight excluding hydrogens is 525 g/mol. The maximum Gasteiger partial charge on any atom is 0.269 e. The monoisotopic (exact) mass is 545 g/mol. The van der Waals surface area contributed by atoms with Gasteiger partial charge in [0.15, 0.2) is 0 Å². The lowest BCUT2D eigenvalue weighted by molar-refractivity contribution is -0.384. The van der Waals surface area contributed by atoms with Crippen LogP contribution in [-0.2, 0) is 10.0 Å². The van der Waals surface area contributed by atoms with E-state index in [-0.39, 0.29) is 34.1 Å². The van der Waals surface area contributed by atoms with Crippen LogP contribution in [0.4, 0.5) is 17.1 Å². The molecule has 0 saturated carbocycles. The van der Waals surface area contributed by atoms with Crippen LogP contribution in [0.3, 0.4) is 0 Å². The van der Waals surface area contributed by atoms with Crippen LogP contribution in [0.15, 0.2) is 71.6 Å². The van der Waals surface area contributed by atoms with Gasteiger partial charge in [0, 0.05) is 39.3 Å². The lowest BCUT2D eigenvalue weighted by Crippen LogP contribution is -2.29. The Labute approximate surface area is 218 Å². The third kappa shape index (κ3) is 4.38. The number of hydrogen-bond donors (Lipinski definition) is 2. The summed E-state index contributed by atoms with van der Waals surface area (Å²) in [6, 6.07) is 13.7. The molecule has 3 atom stereocenters. The Morgan fingerprint density at radius 2 is 1.89 bits per heavy atom. The average molecular weight is 546 g/mol. The molecule has 0 saturated heterocycles. The summed E-state index contributed by atoms with van der Waals surface area (Å²) in [6.07, 6.45) is 4.81. The Morgan fingerprint density at radius 1 is 1.08 bits per heavy atom. The maximum atomic E-state index is 13.3. The second-order valence-electron chi connectivity index (χ2n) is 8.64. The fourth-order valence-electron chi connectivity index (χ4n) is 4.89. The average Bonchev–Trinajstić information content (AvgIpc) is 3.34. The first-order chi connectivity index (χ1) is 17.2. The van der Waals surface area contributed by atoms with Crippen molar-refractivity contribution in [2.45, 2.75) is 23.3 Å². The molecule has 11 heteroatoms. The number of ether oxygens (including phenoxy) is 1. The van der Waals surface area contributed by atoms with Gasteiger partial charge >= 0.3 is 0 Å². The molecule has 2 N–H and O–H groups in total. The first kappa shape index (κ1) is 24.4. The standard InChI is InChI=1S/C25H21Cl2N3O5S/c1-35-24-10-5-14(26)11-23(24)29-36(33,34)16-7-9-22-19(13-16)17-3-2-4-18(17)25(28-22)20-12-15(30(31)32)6-8-21(20)27/h2-3,5-13,17-18,25,28-29H,4H2,1H3/t17-,18+,25-/m0/s1. The van der Waals surface area contributed by atoms with Gasteiger partial charge in [0.1, 0.15) is 5.75 Å². The lowest BCUT2D eigenvalue weighted by Gasteiger charge is -2.38. The summed E-state index contributed by atoms with van der Waals surface area (Å²) < 4.78 is 34.3. The predicted molar refractivity (Wildman–Crippen MR) is 140 cm³/mol. The zero-order valence-corrected chi connectivity index (χ0v) is 21.3. The Hall–Kier alpha value is -3.27. The fraction of sp³-hybridized carbons (Fsp3) is 0.200. The highest BCUT2D eigenvalue weighted by atomic mass is 35.5. The molecule has 5 rings (SSSR count). The minimum absolute atomic E-state index is 0.0101. The molecule has 8 nitrogen and oxygen atoms in total. The lowest BCUT2D eigenvalue weighted by atomic mass is 9.77. The van der Waals surface area contributed by atoms with E-state index in [1.54, 1.807) is 24.3 Å². The van der Waals surface area contributed by atoms with Gasteiger partial charge in [0.05, 0.1) is 28.7 Å². The molecule has 0 bridgehead atoms. The molecule has 2 aliphatic rings.